The van der Waals surface area contributed by atoms with Crippen LogP contribution in [0.4, 0.5) is 0 Å². The van der Waals surface area contributed by atoms with Gasteiger partial charge in [0.15, 0.2) is 11.3 Å². The molecule has 0 spiro atoms. The molecule has 112 valence electrons. The molecule has 2 aromatic rings. The van der Waals surface area contributed by atoms with Crippen LogP contribution in [0.5, 0.6) is 0 Å². The highest BCUT2D eigenvalue weighted by Gasteiger charge is 2.21. The minimum Gasteiger partial charge on any atom is -0.461 e. The van der Waals surface area contributed by atoms with Crippen LogP contribution in [0.15, 0.2) is 12.4 Å². The highest BCUT2D eigenvalue weighted by Crippen LogP contribution is 2.16. The summed E-state index contributed by atoms with van der Waals surface area (Å²) in [5, 5.41) is 12.9. The maximum absolute atomic E-state index is 12.1. The summed E-state index contributed by atoms with van der Waals surface area (Å²) in [7, 11) is 0. The first-order valence-corrected chi connectivity index (χ1v) is 6.53. The van der Waals surface area contributed by atoms with Crippen molar-refractivity contribution in [3.63, 3.8) is 0 Å². The molecule has 0 aliphatic heterocycles. The van der Waals surface area contributed by atoms with Crippen LogP contribution in [0.2, 0.25) is 0 Å². The molecule has 0 aromatic carbocycles. The first-order valence-electron chi connectivity index (χ1n) is 6.53. The minimum absolute atomic E-state index is 0.00799. The Balaban J connectivity index is 2.60. The van der Waals surface area contributed by atoms with E-state index in [-0.39, 0.29) is 30.1 Å². The van der Waals surface area contributed by atoms with Crippen LogP contribution in [0, 0.1) is 0 Å². The number of amides is 1. The second kappa shape index (κ2) is 6.31. The van der Waals surface area contributed by atoms with E-state index in [1.54, 1.807) is 6.92 Å². The van der Waals surface area contributed by atoms with Crippen LogP contribution < -0.4 is 5.73 Å². The summed E-state index contributed by atoms with van der Waals surface area (Å²) < 4.78 is 6.27. The molecule has 0 atom stereocenters. The number of nitrogens with zero attached hydrogens (tertiary/aromatic N) is 3. The van der Waals surface area contributed by atoms with Gasteiger partial charge in [0.25, 0.3) is 5.91 Å². The molecular weight excluding hydrogens is 276 g/mol. The third-order valence-corrected chi connectivity index (χ3v) is 2.94. The Hall–Kier alpha value is -2.48. The highest BCUT2D eigenvalue weighted by atomic mass is 16.5. The van der Waals surface area contributed by atoms with E-state index in [0.29, 0.717) is 18.4 Å². The molecule has 2 aromatic heterocycles. The lowest BCUT2D eigenvalue weighted by Crippen LogP contribution is -2.17. The van der Waals surface area contributed by atoms with Gasteiger partial charge in [-0.15, -0.1) is 0 Å². The Morgan fingerprint density at radius 1 is 1.43 bits per heavy atom. The fourth-order valence-electron chi connectivity index (χ4n) is 2.01. The van der Waals surface area contributed by atoms with Crippen LogP contribution in [0.1, 0.15) is 39.8 Å². The second-order valence-electron chi connectivity index (χ2n) is 4.34. The quantitative estimate of drug-likeness (QED) is 0.719. The second-order valence-corrected chi connectivity index (χ2v) is 4.34. The number of aliphatic hydroxyl groups excluding tert-OH is 1. The number of aliphatic hydroxyl groups is 1. The maximum atomic E-state index is 12.1. The van der Waals surface area contributed by atoms with Gasteiger partial charge in [0.2, 0.25) is 0 Å². The van der Waals surface area contributed by atoms with Crippen LogP contribution in [0.3, 0.4) is 0 Å². The van der Waals surface area contributed by atoms with E-state index >= 15 is 0 Å². The van der Waals surface area contributed by atoms with E-state index in [9.17, 15) is 9.59 Å². The number of carbonyl (C=O) groups is 2. The lowest BCUT2D eigenvalue weighted by Gasteiger charge is -2.10. The number of aryl methyl sites for hydroxylation is 1. The molecule has 2 heterocycles. The Bertz CT molecular complexity index is 680. The zero-order valence-electron chi connectivity index (χ0n) is 11.6. The predicted octanol–water partition coefficient (Wildman–Crippen LogP) is -0.0702. The molecule has 1 amide bonds. The molecule has 21 heavy (non-hydrogen) atoms. The number of nitrogens with two attached hydrogens (primary N) is 1. The summed E-state index contributed by atoms with van der Waals surface area (Å²) in [5.74, 6) is -1.23. The lowest BCUT2D eigenvalue weighted by atomic mass is 10.1. The Labute approximate surface area is 120 Å². The molecule has 0 radical (unpaired) electrons. The maximum Gasteiger partial charge on any atom is 0.357 e. The first-order chi connectivity index (χ1) is 10.1. The molecule has 0 unspecified atom stereocenters. The van der Waals surface area contributed by atoms with Crippen molar-refractivity contribution in [3.05, 3.63) is 29.2 Å². The van der Waals surface area contributed by atoms with Gasteiger partial charge in [0, 0.05) is 18.4 Å². The van der Waals surface area contributed by atoms with E-state index in [0.717, 1.165) is 0 Å². The molecule has 0 saturated carbocycles. The van der Waals surface area contributed by atoms with Crippen molar-refractivity contribution in [2.45, 2.75) is 19.8 Å². The van der Waals surface area contributed by atoms with E-state index in [1.165, 1.54) is 16.9 Å². The molecule has 0 saturated heterocycles. The van der Waals surface area contributed by atoms with Crippen molar-refractivity contribution in [2.24, 2.45) is 5.73 Å². The average molecular weight is 292 g/mol. The van der Waals surface area contributed by atoms with Crippen LogP contribution in [-0.2, 0) is 11.2 Å². The number of ether oxygens (including phenoxy) is 1. The average Bonchev–Trinajstić information content (AvgIpc) is 2.88. The summed E-state index contributed by atoms with van der Waals surface area (Å²) in [4.78, 5) is 27.6. The van der Waals surface area contributed by atoms with Gasteiger partial charge in [0.05, 0.1) is 12.8 Å². The molecule has 0 fully saturated rings. The highest BCUT2D eigenvalue weighted by molar-refractivity contribution is 5.99. The third-order valence-electron chi connectivity index (χ3n) is 2.94. The molecule has 0 aliphatic rings. The van der Waals surface area contributed by atoms with E-state index < -0.39 is 11.9 Å². The molecule has 0 aliphatic carbocycles. The number of fused-ring (bicyclic) bond motifs is 1. The minimum atomic E-state index is -0.671. The smallest absolute Gasteiger partial charge is 0.357 e. The fourth-order valence-corrected chi connectivity index (χ4v) is 2.01. The topological polar surface area (TPSA) is 120 Å². The number of hydrogen-bond donors (Lipinski definition) is 2. The van der Waals surface area contributed by atoms with E-state index in [2.05, 4.69) is 10.1 Å². The van der Waals surface area contributed by atoms with E-state index in [1.807, 2.05) is 0 Å². The Morgan fingerprint density at radius 3 is 2.81 bits per heavy atom. The largest absolute Gasteiger partial charge is 0.461 e. The van der Waals surface area contributed by atoms with Crippen molar-refractivity contribution in [2.75, 3.05) is 13.2 Å². The molecular formula is C13H16N4O4. The zero-order chi connectivity index (χ0) is 15.4. The molecule has 8 heteroatoms. The predicted molar refractivity (Wildman–Crippen MR) is 72.9 cm³/mol. The lowest BCUT2D eigenvalue weighted by molar-refractivity contribution is 0.0514. The van der Waals surface area contributed by atoms with Crippen molar-refractivity contribution in [1.82, 2.24) is 14.6 Å². The number of hydrogen-bond acceptors (Lipinski definition) is 6. The Morgan fingerprint density at radius 2 is 2.19 bits per heavy atom. The zero-order valence-corrected chi connectivity index (χ0v) is 11.6. The number of rotatable bonds is 6. The number of carbonyl (C=O) groups excluding carboxylic acids is 2. The van der Waals surface area contributed by atoms with Gasteiger partial charge in [-0.2, -0.15) is 5.10 Å². The van der Waals surface area contributed by atoms with Crippen LogP contribution in [-0.4, -0.2) is 44.8 Å². The molecule has 8 nitrogen and oxygen atoms in total. The summed E-state index contributed by atoms with van der Waals surface area (Å²) >= 11 is 0. The van der Waals surface area contributed by atoms with Gasteiger partial charge in [0.1, 0.15) is 5.56 Å². The summed E-state index contributed by atoms with van der Waals surface area (Å²) in [6.07, 6.45) is 3.66. The van der Waals surface area contributed by atoms with Gasteiger partial charge in [-0.05, 0) is 19.8 Å². The van der Waals surface area contributed by atoms with Crippen LogP contribution in [0.25, 0.3) is 5.65 Å². The first kappa shape index (κ1) is 14.9. The Kier molecular flexibility index (Phi) is 4.49. The van der Waals surface area contributed by atoms with Crippen molar-refractivity contribution in [3.8, 4) is 0 Å². The van der Waals surface area contributed by atoms with E-state index in [4.69, 9.17) is 15.6 Å². The SMILES string of the molecule is CCOC(=O)c1c(CCCO)cnc2c(C(N)=O)cnn12. The summed E-state index contributed by atoms with van der Waals surface area (Å²) in [5.41, 5.74) is 6.38. The summed E-state index contributed by atoms with van der Waals surface area (Å²) in [6, 6.07) is 0. The van der Waals surface area contributed by atoms with Crippen LogP contribution >= 0.6 is 0 Å². The summed E-state index contributed by atoms with van der Waals surface area (Å²) in [6.45, 7) is 1.90. The van der Waals surface area contributed by atoms with Gasteiger partial charge < -0.3 is 15.6 Å². The van der Waals surface area contributed by atoms with Gasteiger partial charge in [-0.1, -0.05) is 0 Å². The fraction of sp³-hybridized carbons (Fsp3) is 0.385. The molecule has 3 N–H and O–H groups in total. The van der Waals surface area contributed by atoms with Crippen molar-refractivity contribution in [1.29, 1.82) is 0 Å². The van der Waals surface area contributed by atoms with Gasteiger partial charge in [-0.25, -0.2) is 14.3 Å². The molecule has 0 bridgehead atoms. The number of primary amides is 1. The van der Waals surface area contributed by atoms with Crippen molar-refractivity contribution < 1.29 is 19.4 Å². The number of esters is 1. The number of aromatic nitrogens is 3. The normalized spacial score (nSPS) is 10.8. The van der Waals surface area contributed by atoms with Crippen molar-refractivity contribution >= 4 is 17.5 Å². The monoisotopic (exact) mass is 292 g/mol. The third kappa shape index (κ3) is 2.84. The molecule has 2 rings (SSSR count). The standard InChI is InChI=1S/C13H16N4O4/c1-2-21-13(20)10-8(4-3-5-18)6-15-12-9(11(14)19)7-16-17(10)12/h6-7,18H,2-5H2,1H3,(H2,14,19). The van der Waals surface area contributed by atoms with Gasteiger partial charge >= 0.3 is 5.97 Å². The van der Waals surface area contributed by atoms with Gasteiger partial charge in [-0.3, -0.25) is 4.79 Å².